The Labute approximate surface area is 143 Å². The van der Waals surface area contributed by atoms with Crippen molar-refractivity contribution >= 4 is 17.5 Å². The van der Waals surface area contributed by atoms with Crippen LogP contribution in [0, 0.1) is 0 Å². The minimum atomic E-state index is -0.890. The maximum absolute atomic E-state index is 12.7. The second kappa shape index (κ2) is 7.34. The standard InChI is InChI=1S/C19H26N2O3/c22-17(14-19(24)11-5-2-6-12-19)20-16-10-7-13-21(18(16)23)15-8-3-1-4-9-15/h1,3-4,8-9,16,24H,2,5-7,10-14H2,(H,20,22). The number of nitrogens with zero attached hydrogens (tertiary/aromatic N) is 1. The molecule has 2 N–H and O–H groups in total. The Kier molecular flexibility index (Phi) is 5.19. The summed E-state index contributed by atoms with van der Waals surface area (Å²) in [4.78, 5) is 26.8. The van der Waals surface area contributed by atoms with Gasteiger partial charge in [-0.15, -0.1) is 0 Å². The van der Waals surface area contributed by atoms with Crippen LogP contribution in [0.5, 0.6) is 0 Å². The molecule has 0 bridgehead atoms. The van der Waals surface area contributed by atoms with Gasteiger partial charge in [0.15, 0.2) is 0 Å². The highest BCUT2D eigenvalue weighted by Gasteiger charge is 2.35. The Hall–Kier alpha value is -1.88. The van der Waals surface area contributed by atoms with E-state index in [9.17, 15) is 14.7 Å². The summed E-state index contributed by atoms with van der Waals surface area (Å²) in [6.07, 6.45) is 6.02. The van der Waals surface area contributed by atoms with Gasteiger partial charge in [-0.3, -0.25) is 9.59 Å². The lowest BCUT2D eigenvalue weighted by atomic mass is 9.82. The Morgan fingerprint density at radius 2 is 1.88 bits per heavy atom. The highest BCUT2D eigenvalue weighted by atomic mass is 16.3. The van der Waals surface area contributed by atoms with Gasteiger partial charge in [-0.25, -0.2) is 0 Å². The van der Waals surface area contributed by atoms with E-state index in [2.05, 4.69) is 5.32 Å². The van der Waals surface area contributed by atoms with E-state index in [1.54, 1.807) is 4.90 Å². The number of benzene rings is 1. The van der Waals surface area contributed by atoms with Crippen molar-refractivity contribution < 1.29 is 14.7 Å². The highest BCUT2D eigenvalue weighted by molar-refractivity contribution is 5.99. The van der Waals surface area contributed by atoms with Gasteiger partial charge < -0.3 is 15.3 Å². The maximum atomic E-state index is 12.7. The van der Waals surface area contributed by atoms with Crippen LogP contribution in [0.4, 0.5) is 5.69 Å². The number of hydrogen-bond acceptors (Lipinski definition) is 3. The van der Waals surface area contributed by atoms with Gasteiger partial charge in [0.05, 0.1) is 12.0 Å². The largest absolute Gasteiger partial charge is 0.389 e. The molecule has 24 heavy (non-hydrogen) atoms. The lowest BCUT2D eigenvalue weighted by Gasteiger charge is -2.34. The van der Waals surface area contributed by atoms with Gasteiger partial charge in [0, 0.05) is 12.2 Å². The summed E-state index contributed by atoms with van der Waals surface area (Å²) in [6, 6.07) is 9.06. The second-order valence-corrected chi connectivity index (χ2v) is 7.05. The molecular weight excluding hydrogens is 304 g/mol. The van der Waals surface area contributed by atoms with E-state index in [-0.39, 0.29) is 18.2 Å². The fraction of sp³-hybridized carbons (Fsp3) is 0.579. The molecule has 2 aliphatic rings. The number of nitrogens with one attached hydrogen (secondary N) is 1. The fourth-order valence-electron chi connectivity index (χ4n) is 3.80. The van der Waals surface area contributed by atoms with Crippen LogP contribution in [0.3, 0.4) is 0 Å². The lowest BCUT2D eigenvalue weighted by molar-refractivity contribution is -0.132. The molecule has 1 unspecified atom stereocenters. The smallest absolute Gasteiger partial charge is 0.249 e. The number of para-hydroxylation sites is 1. The van der Waals surface area contributed by atoms with Crippen LogP contribution in [0.15, 0.2) is 30.3 Å². The monoisotopic (exact) mass is 330 g/mol. The number of piperidine rings is 1. The van der Waals surface area contributed by atoms with E-state index in [0.717, 1.165) is 31.4 Å². The van der Waals surface area contributed by atoms with E-state index in [1.165, 1.54) is 0 Å². The molecule has 0 radical (unpaired) electrons. The Bertz CT molecular complexity index is 582. The molecule has 1 aromatic carbocycles. The summed E-state index contributed by atoms with van der Waals surface area (Å²) in [5, 5.41) is 13.4. The average Bonchev–Trinajstić information content (AvgIpc) is 2.58. The molecule has 1 saturated carbocycles. The van der Waals surface area contributed by atoms with Gasteiger partial charge in [0.25, 0.3) is 0 Å². The minimum absolute atomic E-state index is 0.0589. The number of anilines is 1. The van der Waals surface area contributed by atoms with Crippen LogP contribution in [-0.2, 0) is 9.59 Å². The molecule has 0 spiro atoms. The Morgan fingerprint density at radius 3 is 2.58 bits per heavy atom. The molecule has 5 heteroatoms. The van der Waals surface area contributed by atoms with Crippen LogP contribution in [-0.4, -0.2) is 35.1 Å². The normalized spacial score (nSPS) is 23.8. The summed E-state index contributed by atoms with van der Waals surface area (Å²) >= 11 is 0. The zero-order valence-electron chi connectivity index (χ0n) is 14.0. The van der Waals surface area contributed by atoms with Crippen LogP contribution in [0.2, 0.25) is 0 Å². The molecule has 5 nitrogen and oxygen atoms in total. The van der Waals surface area contributed by atoms with Gasteiger partial charge in [0.2, 0.25) is 11.8 Å². The zero-order valence-corrected chi connectivity index (χ0v) is 14.0. The molecule has 1 aliphatic carbocycles. The number of carbonyl (C=O) groups is 2. The summed E-state index contributed by atoms with van der Waals surface area (Å²) in [6.45, 7) is 0.680. The van der Waals surface area contributed by atoms with Crippen LogP contribution in [0.25, 0.3) is 0 Å². The summed E-state index contributed by atoms with van der Waals surface area (Å²) < 4.78 is 0. The first-order valence-electron chi connectivity index (χ1n) is 8.96. The maximum Gasteiger partial charge on any atom is 0.249 e. The van der Waals surface area contributed by atoms with E-state index in [0.29, 0.717) is 25.8 Å². The van der Waals surface area contributed by atoms with Crippen LogP contribution >= 0.6 is 0 Å². The number of aliphatic hydroxyl groups is 1. The van der Waals surface area contributed by atoms with E-state index < -0.39 is 11.6 Å². The SMILES string of the molecule is O=C(CC1(O)CCCCC1)NC1CCCN(c2ccccc2)C1=O. The van der Waals surface area contributed by atoms with Crippen LogP contribution in [0.1, 0.15) is 51.4 Å². The molecule has 1 aliphatic heterocycles. The average molecular weight is 330 g/mol. The predicted molar refractivity (Wildman–Crippen MR) is 92.6 cm³/mol. The molecule has 1 heterocycles. The molecule has 2 amide bonds. The highest BCUT2D eigenvalue weighted by Crippen LogP contribution is 2.31. The first-order valence-corrected chi connectivity index (χ1v) is 8.96. The first kappa shape index (κ1) is 17.0. The van der Waals surface area contributed by atoms with Gasteiger partial charge >= 0.3 is 0 Å². The van der Waals surface area contributed by atoms with Crippen molar-refractivity contribution in [1.82, 2.24) is 5.32 Å². The first-order chi connectivity index (χ1) is 11.6. The molecule has 0 aromatic heterocycles. The van der Waals surface area contributed by atoms with Crippen molar-refractivity contribution in [3.8, 4) is 0 Å². The second-order valence-electron chi connectivity index (χ2n) is 7.05. The molecule has 2 fully saturated rings. The summed E-state index contributed by atoms with van der Waals surface area (Å²) in [7, 11) is 0. The van der Waals surface area contributed by atoms with Gasteiger partial charge in [-0.2, -0.15) is 0 Å². The zero-order chi connectivity index (χ0) is 17.0. The molecule has 3 rings (SSSR count). The minimum Gasteiger partial charge on any atom is -0.389 e. The van der Waals surface area contributed by atoms with Gasteiger partial charge in [0.1, 0.15) is 6.04 Å². The van der Waals surface area contributed by atoms with Crippen molar-refractivity contribution in [2.24, 2.45) is 0 Å². The number of rotatable bonds is 4. The molecule has 1 saturated heterocycles. The Morgan fingerprint density at radius 1 is 1.17 bits per heavy atom. The van der Waals surface area contributed by atoms with Crippen LogP contribution < -0.4 is 10.2 Å². The van der Waals surface area contributed by atoms with Crippen molar-refractivity contribution in [2.75, 3.05) is 11.4 Å². The van der Waals surface area contributed by atoms with Gasteiger partial charge in [-0.05, 0) is 37.8 Å². The van der Waals surface area contributed by atoms with Crippen molar-refractivity contribution in [3.63, 3.8) is 0 Å². The van der Waals surface area contributed by atoms with Crippen molar-refractivity contribution in [2.45, 2.75) is 63.0 Å². The molecular formula is C19H26N2O3. The summed E-state index contributed by atoms with van der Waals surface area (Å²) in [5.74, 6) is -0.274. The predicted octanol–water partition coefficient (Wildman–Crippen LogP) is 2.38. The number of hydrogen-bond donors (Lipinski definition) is 2. The molecule has 1 atom stereocenters. The molecule has 1 aromatic rings. The van der Waals surface area contributed by atoms with Gasteiger partial charge in [-0.1, -0.05) is 37.5 Å². The van der Waals surface area contributed by atoms with Crippen molar-refractivity contribution in [1.29, 1.82) is 0 Å². The van der Waals surface area contributed by atoms with E-state index >= 15 is 0 Å². The fourth-order valence-corrected chi connectivity index (χ4v) is 3.80. The lowest BCUT2D eigenvalue weighted by Crippen LogP contribution is -2.53. The third-order valence-electron chi connectivity index (χ3n) is 5.12. The number of carbonyl (C=O) groups excluding carboxylic acids is 2. The molecule has 130 valence electrons. The van der Waals surface area contributed by atoms with E-state index in [4.69, 9.17) is 0 Å². The Balaban J connectivity index is 1.60. The number of amides is 2. The van der Waals surface area contributed by atoms with Crippen molar-refractivity contribution in [3.05, 3.63) is 30.3 Å². The van der Waals surface area contributed by atoms with E-state index in [1.807, 2.05) is 30.3 Å². The topological polar surface area (TPSA) is 69.6 Å². The summed E-state index contributed by atoms with van der Waals surface area (Å²) in [5.41, 5.74) is -0.0218. The third kappa shape index (κ3) is 3.96. The quantitative estimate of drug-likeness (QED) is 0.890. The third-order valence-corrected chi connectivity index (χ3v) is 5.12.